The Morgan fingerprint density at radius 1 is 0.882 bits per heavy atom. The van der Waals surface area contributed by atoms with E-state index in [1.54, 1.807) is 17.4 Å². The number of hydrogen-bond acceptors (Lipinski definition) is 12. The molecule has 14 nitrogen and oxygen atoms in total. The number of benzene rings is 3. The van der Waals surface area contributed by atoms with Gasteiger partial charge in [0.05, 0.1) is 23.3 Å². The number of aromatic hydroxyl groups is 2. The molecule has 3 aromatic carbocycles. The van der Waals surface area contributed by atoms with Gasteiger partial charge >= 0.3 is 0 Å². The van der Waals surface area contributed by atoms with Crippen molar-refractivity contribution in [2.75, 3.05) is 52.4 Å². The van der Waals surface area contributed by atoms with Crippen molar-refractivity contribution in [3.8, 4) is 39.0 Å². The third-order valence-electron chi connectivity index (χ3n) is 13.6. The molecule has 9 rings (SSSR count). The summed E-state index contributed by atoms with van der Waals surface area (Å²) in [4.78, 5) is 40.8. The number of aliphatic imine (C=N–C) groups is 1. The van der Waals surface area contributed by atoms with Crippen LogP contribution in [0.5, 0.6) is 11.5 Å². The van der Waals surface area contributed by atoms with Gasteiger partial charge in [0.1, 0.15) is 28.4 Å². The third kappa shape index (κ3) is 9.82. The molecule has 6 aromatic rings. The molecule has 2 fully saturated rings. The second kappa shape index (κ2) is 20.6. The Morgan fingerprint density at radius 2 is 1.56 bits per heavy atom. The molecule has 2 saturated heterocycles. The third-order valence-corrected chi connectivity index (χ3v) is 15.0. The number of nitrogens with one attached hydrogen (secondary N) is 1. The van der Waals surface area contributed by atoms with E-state index >= 15 is 0 Å². The highest BCUT2D eigenvalue weighted by Crippen LogP contribution is 2.44. The van der Waals surface area contributed by atoms with Crippen LogP contribution in [0.4, 0.5) is 0 Å². The monoisotopic (exact) mass is 979 g/mol. The average molecular weight is 981 g/mol. The molecule has 0 saturated carbocycles. The summed E-state index contributed by atoms with van der Waals surface area (Å²) in [6, 6.07) is 18.4. The summed E-state index contributed by atoms with van der Waals surface area (Å²) in [6.45, 7) is 19.5. The quantitative estimate of drug-likeness (QED) is 0.108. The van der Waals surface area contributed by atoms with Crippen molar-refractivity contribution in [3.63, 3.8) is 0 Å². The lowest BCUT2D eigenvalue weighted by molar-refractivity contribution is -0.133. The first-order chi connectivity index (χ1) is 32.3. The number of aryl methyl sites for hydroxylation is 2. The van der Waals surface area contributed by atoms with Gasteiger partial charge in [-0.2, -0.15) is 0 Å². The molecule has 0 radical (unpaired) electrons. The lowest BCUT2D eigenvalue weighted by Gasteiger charge is -2.39. The predicted octanol–water partition coefficient (Wildman–Crippen LogP) is 9.27. The zero-order valence-corrected chi connectivity index (χ0v) is 41.8. The van der Waals surface area contributed by atoms with E-state index < -0.39 is 6.04 Å². The van der Waals surface area contributed by atoms with Crippen LogP contribution in [0.1, 0.15) is 107 Å². The average Bonchev–Trinajstić information content (AvgIpc) is 3.98. The molecular formula is C51H59Cl2N9O5S. The number of rotatable bonds is 12. The van der Waals surface area contributed by atoms with Crippen LogP contribution in [0.3, 0.4) is 0 Å². The van der Waals surface area contributed by atoms with E-state index in [9.17, 15) is 19.8 Å². The SMILES string of the molecule is CCNC(=O)c1noc(-c2cc(C(C)C)c(O)cc2O)c1-c1ccc(CN2CCN(CC3CCN(C(=O)C[C@@H]4N=C(c5ccc(Cl)cc5)c5c(sc(C)c5C)-n5c(C)nnc54)CC3)CC2)cc1.Cl. The molecule has 3 aliphatic rings. The molecule has 3 N–H and O–H groups in total. The molecule has 2 amide bonds. The summed E-state index contributed by atoms with van der Waals surface area (Å²) in [5.41, 5.74) is 7.54. The fourth-order valence-electron chi connectivity index (χ4n) is 9.70. The molecule has 17 heteroatoms. The minimum absolute atomic E-state index is 0. The lowest BCUT2D eigenvalue weighted by atomic mass is 9.94. The largest absolute Gasteiger partial charge is 0.508 e. The van der Waals surface area contributed by atoms with E-state index in [1.807, 2.05) is 69.0 Å². The summed E-state index contributed by atoms with van der Waals surface area (Å²) >= 11 is 8.01. The zero-order valence-electron chi connectivity index (χ0n) is 39.4. The number of phenolic OH excluding ortho intramolecular Hbond substituents is 2. The van der Waals surface area contributed by atoms with Crippen LogP contribution in [-0.2, 0) is 11.3 Å². The van der Waals surface area contributed by atoms with Gasteiger partial charge < -0.3 is 29.9 Å². The number of halogens is 2. The second-order valence-electron chi connectivity index (χ2n) is 18.4. The molecule has 0 aliphatic carbocycles. The van der Waals surface area contributed by atoms with E-state index in [-0.39, 0.29) is 59.5 Å². The van der Waals surface area contributed by atoms with Crippen LogP contribution in [0.25, 0.3) is 27.5 Å². The van der Waals surface area contributed by atoms with Crippen LogP contribution >= 0.6 is 35.3 Å². The Morgan fingerprint density at radius 3 is 2.24 bits per heavy atom. The highest BCUT2D eigenvalue weighted by Gasteiger charge is 2.35. The topological polar surface area (TPSA) is 165 Å². The molecule has 1 atom stereocenters. The Labute approximate surface area is 412 Å². The maximum Gasteiger partial charge on any atom is 0.274 e. The summed E-state index contributed by atoms with van der Waals surface area (Å²) in [7, 11) is 0. The van der Waals surface area contributed by atoms with Crippen LogP contribution in [0, 0.1) is 26.7 Å². The highest BCUT2D eigenvalue weighted by molar-refractivity contribution is 7.15. The molecule has 0 unspecified atom stereocenters. The molecule has 3 aromatic heterocycles. The number of nitrogens with zero attached hydrogens (tertiary/aromatic N) is 8. The maximum absolute atomic E-state index is 14.1. The number of amides is 2. The van der Waals surface area contributed by atoms with Gasteiger partial charge in [0, 0.05) is 86.0 Å². The number of carbonyl (C=O) groups excluding carboxylic acids is 2. The Kier molecular flexibility index (Phi) is 14.8. The number of piperidine rings is 1. The van der Waals surface area contributed by atoms with Gasteiger partial charge in [-0.25, -0.2) is 0 Å². The lowest BCUT2D eigenvalue weighted by Crippen LogP contribution is -2.48. The molecule has 6 heterocycles. The van der Waals surface area contributed by atoms with Crippen molar-refractivity contribution in [2.45, 2.75) is 79.3 Å². The van der Waals surface area contributed by atoms with Crippen molar-refractivity contribution in [3.05, 3.63) is 116 Å². The van der Waals surface area contributed by atoms with Crippen molar-refractivity contribution in [1.29, 1.82) is 0 Å². The van der Waals surface area contributed by atoms with Crippen LogP contribution in [0.15, 0.2) is 70.2 Å². The van der Waals surface area contributed by atoms with Gasteiger partial charge in [-0.15, -0.1) is 33.9 Å². The summed E-state index contributed by atoms with van der Waals surface area (Å²) in [5.74, 6) is 1.81. The first-order valence-electron chi connectivity index (χ1n) is 23.3. The van der Waals surface area contributed by atoms with Crippen molar-refractivity contribution in [2.24, 2.45) is 10.9 Å². The Bertz CT molecular complexity index is 2820. The summed E-state index contributed by atoms with van der Waals surface area (Å²) in [6.07, 6.45) is 2.16. The first-order valence-corrected chi connectivity index (χ1v) is 24.5. The fourth-order valence-corrected chi connectivity index (χ4v) is 11.0. The number of carbonyl (C=O) groups is 2. The van der Waals surface area contributed by atoms with E-state index in [4.69, 9.17) is 21.1 Å². The Hall–Kier alpha value is -5.58. The molecule has 3 aliphatic heterocycles. The smallest absolute Gasteiger partial charge is 0.274 e. The number of hydrogen-bond donors (Lipinski definition) is 3. The maximum atomic E-state index is 14.1. The van der Waals surface area contributed by atoms with Crippen LogP contribution < -0.4 is 5.32 Å². The van der Waals surface area contributed by atoms with Gasteiger partial charge in [0.15, 0.2) is 17.3 Å². The van der Waals surface area contributed by atoms with Crippen molar-refractivity contribution in [1.82, 2.24) is 39.9 Å². The number of fused-ring (bicyclic) bond motifs is 3. The molecular weight excluding hydrogens is 922 g/mol. The predicted molar refractivity (Wildman–Crippen MR) is 269 cm³/mol. The van der Waals surface area contributed by atoms with Crippen molar-refractivity contribution >= 4 is 52.9 Å². The fraction of sp³-hybridized carbons (Fsp3) is 0.412. The molecule has 68 heavy (non-hydrogen) atoms. The Balaban J connectivity index is 0.00000625. The van der Waals surface area contributed by atoms with E-state index in [2.05, 4.69) is 61.0 Å². The van der Waals surface area contributed by atoms with Gasteiger partial charge in [-0.05, 0) is 92.8 Å². The van der Waals surface area contributed by atoms with E-state index in [0.717, 1.165) is 104 Å². The second-order valence-corrected chi connectivity index (χ2v) is 20.0. The molecule has 358 valence electrons. The van der Waals surface area contributed by atoms with Gasteiger partial charge in [-0.3, -0.25) is 24.0 Å². The van der Waals surface area contributed by atoms with E-state index in [0.29, 0.717) is 40.0 Å². The van der Waals surface area contributed by atoms with Gasteiger partial charge in [0.2, 0.25) is 5.91 Å². The first kappa shape index (κ1) is 48.9. The van der Waals surface area contributed by atoms with Gasteiger partial charge in [-0.1, -0.05) is 67.0 Å². The van der Waals surface area contributed by atoms with Crippen molar-refractivity contribution < 1.29 is 24.3 Å². The zero-order chi connectivity index (χ0) is 47.1. The molecule has 0 bridgehead atoms. The van der Waals surface area contributed by atoms with Crippen LogP contribution in [0.2, 0.25) is 5.02 Å². The number of likely N-dealkylation sites (tertiary alicyclic amines) is 1. The standard InChI is InChI=1S/C51H58ClN9O5S.ClH/c1-7-53-50(65)47-45(48(66-57-47)39-24-38(29(2)3)41(62)26-42(39)63)35-10-8-33(9-11-35)27-58-20-22-59(23-21-58)28-34-16-18-60(19-17-34)43(64)25-40-49-56-55-32(6)61(49)51-44(30(4)31(5)67-51)46(54-40)36-12-14-37(52)15-13-36;/h8-15,24,26,29,34,40,62-63H,7,16-23,25,27-28H2,1-6H3,(H,53,65);1H/t40-;/m0./s1. The number of aromatic nitrogens is 4. The number of piperazine rings is 1. The normalized spacial score (nSPS) is 16.8. The number of phenols is 2. The minimum Gasteiger partial charge on any atom is -0.508 e. The molecule has 0 spiro atoms. The van der Waals surface area contributed by atoms with Gasteiger partial charge in [0.25, 0.3) is 5.91 Å². The van der Waals surface area contributed by atoms with Crippen LogP contribution in [-0.4, -0.2) is 115 Å². The van der Waals surface area contributed by atoms with E-state index in [1.165, 1.54) is 16.5 Å². The minimum atomic E-state index is -0.482. The highest BCUT2D eigenvalue weighted by atomic mass is 35.5. The summed E-state index contributed by atoms with van der Waals surface area (Å²) in [5, 5.41) is 39.2. The number of thiophene rings is 1. The summed E-state index contributed by atoms with van der Waals surface area (Å²) < 4.78 is 7.87.